The van der Waals surface area contributed by atoms with Gasteiger partial charge in [0.05, 0.1) is 17.2 Å². The first-order valence-electron chi connectivity index (χ1n) is 15.7. The van der Waals surface area contributed by atoms with E-state index < -0.39 is 70.7 Å². The minimum Gasteiger partial charge on any atom is -0.444 e. The minimum absolute atomic E-state index is 0.0180. The first kappa shape index (κ1) is 37.6. The van der Waals surface area contributed by atoms with E-state index in [1.54, 1.807) is 20.8 Å². The third-order valence-corrected chi connectivity index (χ3v) is 8.70. The van der Waals surface area contributed by atoms with E-state index in [-0.39, 0.29) is 31.2 Å². The fourth-order valence-corrected chi connectivity index (χ4v) is 6.13. The van der Waals surface area contributed by atoms with Crippen LogP contribution in [0.5, 0.6) is 0 Å². The second kappa shape index (κ2) is 14.3. The summed E-state index contributed by atoms with van der Waals surface area (Å²) in [6.07, 6.45) is -8.39. The highest BCUT2D eigenvalue weighted by Gasteiger charge is 2.42. The van der Waals surface area contributed by atoms with Crippen LogP contribution in [0.15, 0.2) is 42.5 Å². The van der Waals surface area contributed by atoms with Gasteiger partial charge in [-0.1, -0.05) is 12.1 Å². The predicted molar refractivity (Wildman–Crippen MR) is 166 cm³/mol. The van der Waals surface area contributed by atoms with Crippen molar-refractivity contribution in [2.75, 3.05) is 32.1 Å². The molecule has 2 aromatic rings. The summed E-state index contributed by atoms with van der Waals surface area (Å²) in [5, 5.41) is 5.83. The van der Waals surface area contributed by atoms with Crippen molar-refractivity contribution < 1.29 is 49.9 Å². The number of hydrogen-bond donors (Lipinski definition) is 2. The average molecular weight is 704 g/mol. The van der Waals surface area contributed by atoms with Gasteiger partial charge in [0.25, 0.3) is 0 Å². The SMILES string of the molecule is CN(C(=O)N(C)[C@@H]1CN(C(=O)NC2CCC(NC(=O)OC(C)(C)C)CC2)C[C@H]1c1ccc(F)cc1)c1cc(C(F)(F)F)cc(C(F)(F)F)c1. The zero-order valence-corrected chi connectivity index (χ0v) is 27.7. The molecule has 2 N–H and O–H groups in total. The van der Waals surface area contributed by atoms with Gasteiger partial charge in [0.1, 0.15) is 11.4 Å². The van der Waals surface area contributed by atoms with Gasteiger partial charge >= 0.3 is 30.5 Å². The van der Waals surface area contributed by atoms with Crippen molar-refractivity contribution in [3.05, 3.63) is 65.0 Å². The summed E-state index contributed by atoms with van der Waals surface area (Å²) >= 11 is 0. The summed E-state index contributed by atoms with van der Waals surface area (Å²) in [5.41, 5.74) is -3.82. The Hall–Kier alpha value is -4.24. The Labute approximate surface area is 279 Å². The van der Waals surface area contributed by atoms with Gasteiger partial charge in [-0.15, -0.1) is 0 Å². The van der Waals surface area contributed by atoms with Crippen LogP contribution in [-0.2, 0) is 17.1 Å². The normalized spacial score (nSPS) is 21.6. The molecule has 5 amide bonds. The molecule has 0 radical (unpaired) electrons. The Bertz CT molecular complexity index is 1470. The number of nitrogens with one attached hydrogen (secondary N) is 2. The average Bonchev–Trinajstić information content (AvgIpc) is 3.45. The van der Waals surface area contributed by atoms with Gasteiger partial charge in [-0.05, 0) is 82.3 Å². The maximum atomic E-state index is 13.8. The number of alkyl halides is 6. The van der Waals surface area contributed by atoms with E-state index in [1.165, 1.54) is 41.1 Å². The van der Waals surface area contributed by atoms with E-state index in [0.29, 0.717) is 48.3 Å². The second-order valence-corrected chi connectivity index (χ2v) is 13.5. The molecular weight excluding hydrogens is 663 g/mol. The molecular formula is C33H40F7N5O4. The summed E-state index contributed by atoms with van der Waals surface area (Å²) < 4.78 is 100. The molecule has 4 rings (SSSR count). The van der Waals surface area contributed by atoms with Gasteiger partial charge in [0.15, 0.2) is 0 Å². The summed E-state index contributed by atoms with van der Waals surface area (Å²) in [4.78, 5) is 42.6. The third-order valence-electron chi connectivity index (χ3n) is 8.70. The van der Waals surface area contributed by atoms with Crippen molar-refractivity contribution in [2.45, 2.75) is 88.5 Å². The number of likely N-dealkylation sites (tertiary alicyclic amines) is 1. The lowest BCUT2D eigenvalue weighted by molar-refractivity contribution is -0.143. The molecule has 0 bridgehead atoms. The third kappa shape index (κ3) is 9.69. The van der Waals surface area contributed by atoms with Crippen LogP contribution in [0.1, 0.15) is 69.1 Å². The summed E-state index contributed by atoms with van der Waals surface area (Å²) in [6, 6.07) is 3.89. The number of amides is 5. The molecule has 2 atom stereocenters. The maximum absolute atomic E-state index is 13.8. The predicted octanol–water partition coefficient (Wildman–Crippen LogP) is 7.36. The Balaban J connectivity index is 1.48. The van der Waals surface area contributed by atoms with E-state index in [1.807, 2.05) is 0 Å². The van der Waals surface area contributed by atoms with E-state index in [9.17, 15) is 45.1 Å². The maximum Gasteiger partial charge on any atom is 0.416 e. The Morgan fingerprint density at radius 1 is 0.796 bits per heavy atom. The molecule has 1 aliphatic carbocycles. The zero-order chi connectivity index (χ0) is 36.5. The lowest BCUT2D eigenvalue weighted by Gasteiger charge is -2.33. The number of ether oxygens (including phenoxy) is 1. The van der Waals surface area contributed by atoms with Gasteiger partial charge in [0.2, 0.25) is 0 Å². The number of nitrogens with zero attached hydrogens (tertiary/aromatic N) is 3. The molecule has 0 unspecified atom stereocenters. The van der Waals surface area contributed by atoms with Crippen LogP contribution < -0.4 is 15.5 Å². The molecule has 1 aliphatic heterocycles. The lowest BCUT2D eigenvalue weighted by Crippen LogP contribution is -2.50. The van der Waals surface area contributed by atoms with Gasteiger partial charge in [-0.25, -0.2) is 18.8 Å². The number of rotatable bonds is 5. The number of hydrogen-bond acceptors (Lipinski definition) is 4. The summed E-state index contributed by atoms with van der Waals surface area (Å²) in [5.74, 6) is -1.08. The van der Waals surface area contributed by atoms with Crippen LogP contribution in [0.4, 0.5) is 50.8 Å². The fraction of sp³-hybridized carbons (Fsp3) is 0.545. The number of carbonyl (C=O) groups is 3. The molecule has 2 fully saturated rings. The quantitative estimate of drug-likeness (QED) is 0.319. The molecule has 0 spiro atoms. The van der Waals surface area contributed by atoms with Gasteiger partial charge < -0.3 is 25.2 Å². The van der Waals surface area contributed by atoms with Crippen molar-refractivity contribution in [2.24, 2.45) is 0 Å². The molecule has 16 heteroatoms. The van der Waals surface area contributed by atoms with Gasteiger partial charge in [-0.2, -0.15) is 26.3 Å². The number of carbonyl (C=O) groups excluding carboxylic acids is 3. The van der Waals surface area contributed by atoms with Crippen LogP contribution in [0.3, 0.4) is 0 Å². The van der Waals surface area contributed by atoms with E-state index in [2.05, 4.69) is 10.6 Å². The number of benzene rings is 2. The van der Waals surface area contributed by atoms with Crippen LogP contribution in [0, 0.1) is 5.82 Å². The first-order valence-corrected chi connectivity index (χ1v) is 15.7. The second-order valence-electron chi connectivity index (χ2n) is 13.5. The molecule has 2 aliphatic rings. The van der Waals surface area contributed by atoms with Crippen molar-refractivity contribution in [3.63, 3.8) is 0 Å². The number of urea groups is 2. The van der Waals surface area contributed by atoms with E-state index in [0.717, 1.165) is 7.05 Å². The van der Waals surface area contributed by atoms with Gasteiger partial charge in [-0.3, -0.25) is 4.90 Å². The highest BCUT2D eigenvalue weighted by Crippen LogP contribution is 2.39. The number of alkyl carbamates (subject to hydrolysis) is 1. The highest BCUT2D eigenvalue weighted by molar-refractivity contribution is 5.92. The molecule has 9 nitrogen and oxygen atoms in total. The van der Waals surface area contributed by atoms with Crippen molar-refractivity contribution in [1.29, 1.82) is 0 Å². The Morgan fingerprint density at radius 2 is 1.31 bits per heavy atom. The van der Waals surface area contributed by atoms with Gasteiger partial charge in [0, 0.05) is 50.9 Å². The molecule has 1 saturated heterocycles. The van der Waals surface area contributed by atoms with Crippen LogP contribution in [0.2, 0.25) is 0 Å². The van der Waals surface area contributed by atoms with Crippen LogP contribution in [-0.4, -0.2) is 78.9 Å². The number of halogens is 7. The van der Waals surface area contributed by atoms with E-state index in [4.69, 9.17) is 4.74 Å². The molecule has 2 aromatic carbocycles. The summed E-state index contributed by atoms with van der Waals surface area (Å²) in [7, 11) is 2.41. The Kier molecular flexibility index (Phi) is 11.0. The molecule has 0 aromatic heterocycles. The molecule has 49 heavy (non-hydrogen) atoms. The molecule has 1 heterocycles. The largest absolute Gasteiger partial charge is 0.444 e. The number of likely N-dealkylation sites (N-methyl/N-ethyl adjacent to an activating group) is 1. The standard InChI is InChI=1S/C33H40F7N5O4/c1-31(2,3)49-29(47)42-24-12-10-23(11-13-24)41-28(46)45-17-26(19-6-8-22(34)9-7-19)27(18-45)44(5)30(48)43(4)25-15-20(32(35,36)37)14-21(16-25)33(38,39)40/h6-9,14-16,23-24,26-27H,10-13,17-18H2,1-5H3,(H,41,46)(H,42,47)/t23?,24?,26-,27+/m0/s1. The first-order chi connectivity index (χ1) is 22.6. The topological polar surface area (TPSA) is 94.2 Å². The van der Waals surface area contributed by atoms with Crippen molar-refractivity contribution >= 4 is 23.8 Å². The van der Waals surface area contributed by atoms with Crippen LogP contribution in [0.25, 0.3) is 0 Å². The van der Waals surface area contributed by atoms with Crippen molar-refractivity contribution in [1.82, 2.24) is 20.4 Å². The monoisotopic (exact) mass is 703 g/mol. The Morgan fingerprint density at radius 3 is 1.80 bits per heavy atom. The van der Waals surface area contributed by atoms with Crippen molar-refractivity contribution in [3.8, 4) is 0 Å². The van der Waals surface area contributed by atoms with E-state index >= 15 is 0 Å². The highest BCUT2D eigenvalue weighted by atomic mass is 19.4. The zero-order valence-electron chi connectivity index (χ0n) is 27.7. The summed E-state index contributed by atoms with van der Waals surface area (Å²) in [6.45, 7) is 5.37. The minimum atomic E-state index is -5.10. The number of anilines is 1. The van der Waals surface area contributed by atoms with Crippen LogP contribution >= 0.6 is 0 Å². The lowest BCUT2D eigenvalue weighted by atomic mass is 9.91. The molecule has 270 valence electrons. The smallest absolute Gasteiger partial charge is 0.416 e. The molecule has 1 saturated carbocycles. The fourth-order valence-electron chi connectivity index (χ4n) is 6.13.